The van der Waals surface area contributed by atoms with Crippen LogP contribution in [0.1, 0.15) is 25.7 Å². The van der Waals surface area contributed by atoms with Gasteiger partial charge in [0.1, 0.15) is 0 Å². The number of amides is 2. The standard InChI is InChI=1S/C13H23N3O2/c1-14-11(17)6-7-16(2)13(18)12-10-5-3-4-9(10)8-15-12/h9-10,12,15H,3-8H2,1-2H3,(H,14,17). The van der Waals surface area contributed by atoms with E-state index in [2.05, 4.69) is 10.6 Å². The van der Waals surface area contributed by atoms with Gasteiger partial charge in [0.25, 0.3) is 0 Å². The fraction of sp³-hybridized carbons (Fsp3) is 0.846. The largest absolute Gasteiger partial charge is 0.359 e. The zero-order chi connectivity index (χ0) is 13.1. The van der Waals surface area contributed by atoms with Crippen LogP contribution in [0, 0.1) is 11.8 Å². The molecule has 2 fully saturated rings. The summed E-state index contributed by atoms with van der Waals surface area (Å²) in [5.74, 6) is 1.33. The van der Waals surface area contributed by atoms with Crippen LogP contribution >= 0.6 is 0 Å². The van der Waals surface area contributed by atoms with Crippen LogP contribution in [-0.4, -0.2) is 49.9 Å². The van der Waals surface area contributed by atoms with E-state index in [1.54, 1.807) is 19.0 Å². The summed E-state index contributed by atoms with van der Waals surface area (Å²) in [5, 5.41) is 5.92. The number of fused-ring (bicyclic) bond motifs is 1. The van der Waals surface area contributed by atoms with Crippen molar-refractivity contribution in [1.29, 1.82) is 0 Å². The van der Waals surface area contributed by atoms with Crippen LogP contribution in [0.4, 0.5) is 0 Å². The predicted octanol–water partition coefficient (Wildman–Crippen LogP) is -0.0310. The Morgan fingerprint density at radius 3 is 2.89 bits per heavy atom. The Morgan fingerprint density at radius 2 is 2.17 bits per heavy atom. The van der Waals surface area contributed by atoms with Crippen LogP contribution in [0.5, 0.6) is 0 Å². The van der Waals surface area contributed by atoms with E-state index in [4.69, 9.17) is 0 Å². The highest BCUT2D eigenvalue weighted by molar-refractivity contribution is 5.83. The zero-order valence-corrected chi connectivity index (χ0v) is 11.2. The second-order valence-corrected chi connectivity index (χ2v) is 5.42. The summed E-state index contributed by atoms with van der Waals surface area (Å²) < 4.78 is 0. The van der Waals surface area contributed by atoms with E-state index in [1.807, 2.05) is 0 Å². The first kappa shape index (κ1) is 13.3. The van der Waals surface area contributed by atoms with Gasteiger partial charge < -0.3 is 15.5 Å². The molecule has 1 saturated heterocycles. The number of carbonyl (C=O) groups excluding carboxylic acids is 2. The van der Waals surface area contributed by atoms with Gasteiger partial charge in [-0.15, -0.1) is 0 Å². The molecule has 3 unspecified atom stereocenters. The molecule has 0 aromatic rings. The Kier molecular flexibility index (Phi) is 4.22. The maximum atomic E-state index is 12.3. The van der Waals surface area contributed by atoms with Crippen molar-refractivity contribution < 1.29 is 9.59 Å². The maximum Gasteiger partial charge on any atom is 0.239 e. The van der Waals surface area contributed by atoms with Gasteiger partial charge in [0.15, 0.2) is 0 Å². The lowest BCUT2D eigenvalue weighted by molar-refractivity contribution is -0.133. The molecule has 1 heterocycles. The Hall–Kier alpha value is -1.10. The third-order valence-electron chi connectivity index (χ3n) is 4.34. The third kappa shape index (κ3) is 2.66. The number of likely N-dealkylation sites (N-methyl/N-ethyl adjacent to an activating group) is 1. The third-order valence-corrected chi connectivity index (χ3v) is 4.34. The number of hydrogen-bond acceptors (Lipinski definition) is 3. The van der Waals surface area contributed by atoms with Crippen molar-refractivity contribution in [3.05, 3.63) is 0 Å². The molecule has 2 aliphatic rings. The molecule has 5 heteroatoms. The summed E-state index contributed by atoms with van der Waals surface area (Å²) in [6, 6.07) is -0.0211. The molecule has 5 nitrogen and oxygen atoms in total. The molecule has 0 bridgehead atoms. The second-order valence-electron chi connectivity index (χ2n) is 5.42. The molecule has 3 atom stereocenters. The van der Waals surface area contributed by atoms with Crippen molar-refractivity contribution in [2.24, 2.45) is 11.8 Å². The van der Waals surface area contributed by atoms with Gasteiger partial charge in [0.2, 0.25) is 11.8 Å². The number of hydrogen-bond donors (Lipinski definition) is 2. The molecule has 2 rings (SSSR count). The van der Waals surface area contributed by atoms with Crippen LogP contribution in [0.15, 0.2) is 0 Å². The first-order valence-corrected chi connectivity index (χ1v) is 6.82. The molecule has 1 aliphatic heterocycles. The highest BCUT2D eigenvalue weighted by Crippen LogP contribution is 2.38. The van der Waals surface area contributed by atoms with E-state index in [0.29, 0.717) is 24.8 Å². The van der Waals surface area contributed by atoms with Gasteiger partial charge in [-0.25, -0.2) is 0 Å². The van der Waals surface area contributed by atoms with E-state index < -0.39 is 0 Å². The Bertz CT molecular complexity index is 332. The minimum Gasteiger partial charge on any atom is -0.359 e. The average molecular weight is 253 g/mol. The molecule has 0 aromatic heterocycles. The summed E-state index contributed by atoms with van der Waals surface area (Å²) >= 11 is 0. The SMILES string of the molecule is CNC(=O)CCN(C)C(=O)C1NCC2CCCC21. The van der Waals surface area contributed by atoms with Gasteiger partial charge in [0, 0.05) is 27.1 Å². The van der Waals surface area contributed by atoms with Crippen molar-refractivity contribution in [2.75, 3.05) is 27.2 Å². The molecule has 0 aromatic carbocycles. The number of nitrogens with zero attached hydrogens (tertiary/aromatic N) is 1. The fourth-order valence-electron chi connectivity index (χ4n) is 3.20. The molecular weight excluding hydrogens is 230 g/mol. The summed E-state index contributed by atoms with van der Waals surface area (Å²) in [4.78, 5) is 25.2. The van der Waals surface area contributed by atoms with Crippen molar-refractivity contribution >= 4 is 11.8 Å². The van der Waals surface area contributed by atoms with Crippen LogP contribution in [0.3, 0.4) is 0 Å². The van der Waals surface area contributed by atoms with Gasteiger partial charge >= 0.3 is 0 Å². The number of rotatable bonds is 4. The highest BCUT2D eigenvalue weighted by Gasteiger charge is 2.43. The van der Waals surface area contributed by atoms with Crippen LogP contribution in [-0.2, 0) is 9.59 Å². The topological polar surface area (TPSA) is 61.4 Å². The van der Waals surface area contributed by atoms with E-state index >= 15 is 0 Å². The van der Waals surface area contributed by atoms with Crippen LogP contribution in [0.2, 0.25) is 0 Å². The molecule has 18 heavy (non-hydrogen) atoms. The van der Waals surface area contributed by atoms with Crippen molar-refractivity contribution in [2.45, 2.75) is 31.7 Å². The molecule has 1 saturated carbocycles. The molecule has 1 aliphatic carbocycles. The highest BCUT2D eigenvalue weighted by atomic mass is 16.2. The minimum atomic E-state index is -0.0211. The summed E-state index contributed by atoms with van der Waals surface area (Å²) in [6.45, 7) is 1.47. The Balaban J connectivity index is 1.85. The Morgan fingerprint density at radius 1 is 1.39 bits per heavy atom. The van der Waals surface area contributed by atoms with Crippen molar-refractivity contribution in [3.8, 4) is 0 Å². The summed E-state index contributed by atoms with van der Waals surface area (Å²) in [6.07, 6.45) is 4.04. The lowest BCUT2D eigenvalue weighted by Crippen LogP contribution is -2.45. The zero-order valence-electron chi connectivity index (χ0n) is 11.2. The quantitative estimate of drug-likeness (QED) is 0.739. The average Bonchev–Trinajstić information content (AvgIpc) is 2.96. The monoisotopic (exact) mass is 253 g/mol. The molecular formula is C13H23N3O2. The maximum absolute atomic E-state index is 12.3. The van der Waals surface area contributed by atoms with Crippen LogP contribution in [0.25, 0.3) is 0 Å². The van der Waals surface area contributed by atoms with E-state index in [0.717, 1.165) is 13.0 Å². The lowest BCUT2D eigenvalue weighted by Gasteiger charge is -2.24. The van der Waals surface area contributed by atoms with Gasteiger partial charge in [-0.1, -0.05) is 6.42 Å². The van der Waals surface area contributed by atoms with E-state index in [-0.39, 0.29) is 17.9 Å². The number of carbonyl (C=O) groups is 2. The normalized spacial score (nSPS) is 30.0. The molecule has 0 radical (unpaired) electrons. The van der Waals surface area contributed by atoms with Crippen molar-refractivity contribution in [1.82, 2.24) is 15.5 Å². The Labute approximate surface area is 108 Å². The first-order valence-electron chi connectivity index (χ1n) is 6.82. The molecule has 102 valence electrons. The summed E-state index contributed by atoms with van der Waals surface area (Å²) in [5.41, 5.74) is 0. The van der Waals surface area contributed by atoms with E-state index in [9.17, 15) is 9.59 Å². The van der Waals surface area contributed by atoms with Gasteiger partial charge in [-0.2, -0.15) is 0 Å². The van der Waals surface area contributed by atoms with Gasteiger partial charge in [-0.05, 0) is 31.2 Å². The van der Waals surface area contributed by atoms with E-state index in [1.165, 1.54) is 12.8 Å². The fourth-order valence-corrected chi connectivity index (χ4v) is 3.20. The smallest absolute Gasteiger partial charge is 0.239 e. The molecule has 0 spiro atoms. The van der Waals surface area contributed by atoms with Crippen molar-refractivity contribution in [3.63, 3.8) is 0 Å². The summed E-state index contributed by atoms with van der Waals surface area (Å²) in [7, 11) is 3.40. The van der Waals surface area contributed by atoms with Gasteiger partial charge in [-0.3, -0.25) is 9.59 Å². The van der Waals surface area contributed by atoms with Crippen LogP contribution < -0.4 is 10.6 Å². The first-order chi connectivity index (χ1) is 8.63. The molecule has 2 amide bonds. The lowest BCUT2D eigenvalue weighted by atomic mass is 9.93. The predicted molar refractivity (Wildman–Crippen MR) is 68.9 cm³/mol. The minimum absolute atomic E-state index is 0.0206. The molecule has 2 N–H and O–H groups in total. The second kappa shape index (κ2) is 5.69. The van der Waals surface area contributed by atoms with Gasteiger partial charge in [0.05, 0.1) is 6.04 Å². The number of nitrogens with one attached hydrogen (secondary N) is 2.